The number of nitrogens with one attached hydrogen (secondary N) is 1. The van der Waals surface area contributed by atoms with Gasteiger partial charge in [-0.05, 0) is 12.1 Å². The van der Waals surface area contributed by atoms with Gasteiger partial charge in [-0.25, -0.2) is 8.78 Å². The lowest BCUT2D eigenvalue weighted by atomic mass is 10.2. The summed E-state index contributed by atoms with van der Waals surface area (Å²) in [5, 5.41) is 2.71. The maximum atomic E-state index is 12.6. The molecule has 0 spiro atoms. The van der Waals surface area contributed by atoms with Crippen molar-refractivity contribution in [3.63, 3.8) is 0 Å². The van der Waals surface area contributed by atoms with Gasteiger partial charge in [-0.15, -0.1) is 0 Å². The maximum Gasteiger partial charge on any atom is 0.319 e. The summed E-state index contributed by atoms with van der Waals surface area (Å²) in [6, 6.07) is 2.89. The Morgan fingerprint density at radius 2 is 1.67 bits per heavy atom. The Kier molecular flexibility index (Phi) is 5.52. The molecule has 0 atom stereocenters. The molecule has 18 heavy (non-hydrogen) atoms. The largest absolute Gasteiger partial charge is 0.319 e. The zero-order valence-corrected chi connectivity index (χ0v) is 11.1. The molecule has 0 fully saturated rings. The third-order valence-electron chi connectivity index (χ3n) is 2.12. The van der Waals surface area contributed by atoms with Crippen molar-refractivity contribution < 1.29 is 17.6 Å². The minimum absolute atomic E-state index is 0.108. The van der Waals surface area contributed by atoms with E-state index < -0.39 is 18.9 Å². The summed E-state index contributed by atoms with van der Waals surface area (Å²) in [5.41, 5.74) is 0.288. The highest BCUT2D eigenvalue weighted by Gasteiger charge is 2.40. The van der Waals surface area contributed by atoms with Crippen LogP contribution >= 0.6 is 34.8 Å². The Labute approximate surface area is 116 Å². The SMILES string of the molecule is FC(F)C(F)(F)CNCc1c(Cl)ccc(Cl)c1Cl. The van der Waals surface area contributed by atoms with Gasteiger partial charge in [-0.1, -0.05) is 34.8 Å². The molecule has 0 radical (unpaired) electrons. The van der Waals surface area contributed by atoms with Crippen LogP contribution in [0.2, 0.25) is 15.1 Å². The fourth-order valence-electron chi connectivity index (χ4n) is 1.16. The van der Waals surface area contributed by atoms with E-state index in [1.807, 2.05) is 0 Å². The fraction of sp³-hybridized carbons (Fsp3) is 0.400. The van der Waals surface area contributed by atoms with Gasteiger partial charge in [0.05, 0.1) is 16.6 Å². The highest BCUT2D eigenvalue weighted by Crippen LogP contribution is 2.31. The zero-order valence-electron chi connectivity index (χ0n) is 8.79. The summed E-state index contributed by atoms with van der Waals surface area (Å²) in [7, 11) is 0. The number of halogens is 7. The molecule has 0 unspecified atom stereocenters. The topological polar surface area (TPSA) is 12.0 Å². The Bertz CT molecular complexity index is 426. The third kappa shape index (κ3) is 3.88. The van der Waals surface area contributed by atoms with E-state index in [9.17, 15) is 17.6 Å². The van der Waals surface area contributed by atoms with E-state index in [-0.39, 0.29) is 27.2 Å². The van der Waals surface area contributed by atoms with Crippen molar-refractivity contribution in [1.82, 2.24) is 5.32 Å². The van der Waals surface area contributed by atoms with Gasteiger partial charge < -0.3 is 5.32 Å². The molecule has 0 bridgehead atoms. The Morgan fingerprint density at radius 1 is 1.11 bits per heavy atom. The monoisotopic (exact) mass is 323 g/mol. The van der Waals surface area contributed by atoms with Crippen LogP contribution in [0.15, 0.2) is 12.1 Å². The van der Waals surface area contributed by atoms with Gasteiger partial charge in [-0.2, -0.15) is 8.78 Å². The molecule has 0 aliphatic carbocycles. The summed E-state index contributed by atoms with van der Waals surface area (Å²) in [5.74, 6) is -4.10. The number of alkyl halides is 4. The van der Waals surface area contributed by atoms with E-state index in [1.165, 1.54) is 12.1 Å². The molecule has 0 aromatic heterocycles. The molecule has 0 aliphatic heterocycles. The molecule has 8 heteroatoms. The molecule has 0 saturated carbocycles. The van der Waals surface area contributed by atoms with Crippen LogP contribution in [0.1, 0.15) is 5.56 Å². The molecule has 0 saturated heterocycles. The lowest BCUT2D eigenvalue weighted by Gasteiger charge is -2.16. The van der Waals surface area contributed by atoms with Crippen molar-refractivity contribution in [1.29, 1.82) is 0 Å². The molecule has 0 heterocycles. The average molecular weight is 325 g/mol. The van der Waals surface area contributed by atoms with Gasteiger partial charge in [0.1, 0.15) is 0 Å². The lowest BCUT2D eigenvalue weighted by Crippen LogP contribution is -2.38. The van der Waals surface area contributed by atoms with Gasteiger partial charge in [-0.3, -0.25) is 0 Å². The second-order valence-electron chi connectivity index (χ2n) is 3.49. The molecule has 0 aliphatic rings. The predicted molar refractivity (Wildman–Crippen MR) is 64.1 cm³/mol. The molecular weight excluding hydrogens is 316 g/mol. The van der Waals surface area contributed by atoms with E-state index in [1.54, 1.807) is 0 Å². The normalized spacial score (nSPS) is 12.2. The molecule has 0 amide bonds. The van der Waals surface area contributed by atoms with Crippen molar-refractivity contribution >= 4 is 34.8 Å². The lowest BCUT2D eigenvalue weighted by molar-refractivity contribution is -0.125. The van der Waals surface area contributed by atoms with Crippen LogP contribution in [0.4, 0.5) is 17.6 Å². The van der Waals surface area contributed by atoms with E-state index in [0.29, 0.717) is 0 Å². The molecule has 1 aromatic rings. The Hall–Kier alpha value is -0.230. The first-order valence-electron chi connectivity index (χ1n) is 4.74. The number of hydrogen-bond donors (Lipinski definition) is 1. The first-order chi connectivity index (χ1) is 8.25. The summed E-state index contributed by atoms with van der Waals surface area (Å²) in [6.45, 7) is -1.36. The van der Waals surface area contributed by atoms with Crippen molar-refractivity contribution in [2.24, 2.45) is 0 Å². The van der Waals surface area contributed by atoms with Gasteiger partial charge in [0.2, 0.25) is 0 Å². The molecule has 102 valence electrons. The summed E-state index contributed by atoms with van der Waals surface area (Å²) in [4.78, 5) is 0. The predicted octanol–water partition coefficient (Wildman–Crippen LogP) is 4.64. The highest BCUT2D eigenvalue weighted by atomic mass is 35.5. The van der Waals surface area contributed by atoms with Crippen molar-refractivity contribution in [2.45, 2.75) is 18.9 Å². The number of benzene rings is 1. The van der Waals surface area contributed by atoms with Crippen LogP contribution in [0.25, 0.3) is 0 Å². The third-order valence-corrected chi connectivity index (χ3v) is 3.32. The first kappa shape index (κ1) is 15.8. The van der Waals surface area contributed by atoms with Crippen molar-refractivity contribution in [2.75, 3.05) is 6.54 Å². The average Bonchev–Trinajstić information content (AvgIpc) is 2.28. The number of hydrogen-bond acceptors (Lipinski definition) is 1. The van der Waals surface area contributed by atoms with E-state index >= 15 is 0 Å². The smallest absolute Gasteiger partial charge is 0.307 e. The summed E-state index contributed by atoms with van der Waals surface area (Å²) in [6.07, 6.45) is -3.73. The van der Waals surface area contributed by atoms with Gasteiger partial charge >= 0.3 is 12.3 Å². The summed E-state index contributed by atoms with van der Waals surface area (Å²) >= 11 is 17.3. The maximum absolute atomic E-state index is 12.6. The zero-order chi connectivity index (χ0) is 13.9. The van der Waals surface area contributed by atoms with Crippen LogP contribution in [-0.4, -0.2) is 18.9 Å². The van der Waals surface area contributed by atoms with E-state index in [2.05, 4.69) is 5.32 Å². The molecule has 1 N–H and O–H groups in total. The van der Waals surface area contributed by atoms with E-state index in [4.69, 9.17) is 34.8 Å². The van der Waals surface area contributed by atoms with E-state index in [0.717, 1.165) is 0 Å². The van der Waals surface area contributed by atoms with Crippen LogP contribution < -0.4 is 5.32 Å². The molecule has 1 aromatic carbocycles. The Balaban J connectivity index is 2.68. The van der Waals surface area contributed by atoms with Crippen molar-refractivity contribution in [3.05, 3.63) is 32.8 Å². The second kappa shape index (κ2) is 6.28. The van der Waals surface area contributed by atoms with Crippen LogP contribution in [0, 0.1) is 0 Å². The van der Waals surface area contributed by atoms with Crippen LogP contribution in [0.5, 0.6) is 0 Å². The van der Waals surface area contributed by atoms with Crippen molar-refractivity contribution in [3.8, 4) is 0 Å². The second-order valence-corrected chi connectivity index (χ2v) is 4.68. The minimum Gasteiger partial charge on any atom is -0.307 e. The highest BCUT2D eigenvalue weighted by molar-refractivity contribution is 6.44. The van der Waals surface area contributed by atoms with Crippen LogP contribution in [-0.2, 0) is 6.54 Å². The molecule has 1 rings (SSSR count). The van der Waals surface area contributed by atoms with Gasteiger partial charge in [0.25, 0.3) is 0 Å². The van der Waals surface area contributed by atoms with Crippen LogP contribution in [0.3, 0.4) is 0 Å². The van der Waals surface area contributed by atoms with Gasteiger partial charge in [0.15, 0.2) is 0 Å². The number of rotatable bonds is 5. The van der Waals surface area contributed by atoms with Gasteiger partial charge in [0, 0.05) is 17.1 Å². The first-order valence-corrected chi connectivity index (χ1v) is 5.88. The minimum atomic E-state index is -4.10. The quantitative estimate of drug-likeness (QED) is 0.615. The molecular formula is C10H8Cl3F4N. The molecule has 1 nitrogen and oxygen atoms in total. The Morgan fingerprint density at radius 3 is 2.22 bits per heavy atom. The standard InChI is InChI=1S/C10H8Cl3F4N/c11-6-1-2-7(12)8(13)5(6)3-18-4-10(16,17)9(14)15/h1-2,9,18H,3-4H2. The fourth-order valence-corrected chi connectivity index (χ4v) is 1.84. The summed E-state index contributed by atoms with van der Waals surface area (Å²) < 4.78 is 49.0.